The first kappa shape index (κ1) is 24.7. The predicted octanol–water partition coefficient (Wildman–Crippen LogP) is 9.26. The number of rotatable bonds is 3. The molecular weight excluding hydrogens is 524 g/mol. The van der Waals surface area contributed by atoms with Gasteiger partial charge in [-0.25, -0.2) is 0 Å². The Labute approximate surface area is 249 Å². The van der Waals surface area contributed by atoms with E-state index in [1.54, 1.807) is 0 Å². The molecular formula is C39H26N4. The largest absolute Gasteiger partial charge is 0.399 e. The number of hydrogen-bond donors (Lipinski definition) is 3. The van der Waals surface area contributed by atoms with Crippen molar-refractivity contribution in [2.75, 3.05) is 17.2 Å². The second-order valence-electron chi connectivity index (χ2n) is 11.1. The molecule has 6 N–H and O–H groups in total. The second kappa shape index (κ2) is 9.24. The Bertz CT molecular complexity index is 2330. The van der Waals surface area contributed by atoms with Crippen LogP contribution in [-0.4, -0.2) is 0 Å². The van der Waals surface area contributed by atoms with Crippen LogP contribution < -0.4 is 17.2 Å². The number of benzene rings is 7. The Hall–Kier alpha value is -6.05. The van der Waals surface area contributed by atoms with E-state index < -0.39 is 0 Å². The van der Waals surface area contributed by atoms with Crippen LogP contribution in [0.25, 0.3) is 77.2 Å². The maximum atomic E-state index is 10.0. The lowest BCUT2D eigenvalue weighted by Gasteiger charge is -2.21. The molecule has 8 rings (SSSR count). The van der Waals surface area contributed by atoms with Gasteiger partial charge in [0, 0.05) is 22.4 Å². The maximum Gasteiger partial charge on any atom is 0.0998 e. The molecule has 7 aromatic carbocycles. The van der Waals surface area contributed by atoms with E-state index >= 15 is 0 Å². The molecule has 0 aromatic heterocycles. The molecule has 43 heavy (non-hydrogen) atoms. The highest BCUT2D eigenvalue weighted by Gasteiger charge is 2.31. The zero-order valence-electron chi connectivity index (χ0n) is 23.2. The third kappa shape index (κ3) is 3.69. The van der Waals surface area contributed by atoms with E-state index in [1.165, 1.54) is 0 Å². The van der Waals surface area contributed by atoms with Crippen LogP contribution in [0.1, 0.15) is 5.56 Å². The molecule has 4 nitrogen and oxygen atoms in total. The highest BCUT2D eigenvalue weighted by atomic mass is 14.5. The number of anilines is 3. The van der Waals surface area contributed by atoms with Gasteiger partial charge in [-0.1, -0.05) is 72.8 Å². The number of nitrogens with zero attached hydrogens (tertiary/aromatic N) is 1. The smallest absolute Gasteiger partial charge is 0.0998 e. The van der Waals surface area contributed by atoms with Gasteiger partial charge in [-0.05, 0) is 120 Å². The topological polar surface area (TPSA) is 102 Å². The molecule has 1 aliphatic carbocycles. The number of nitriles is 1. The minimum atomic E-state index is 0.666. The predicted molar refractivity (Wildman–Crippen MR) is 180 cm³/mol. The fourth-order valence-corrected chi connectivity index (χ4v) is 6.79. The van der Waals surface area contributed by atoms with E-state index in [4.69, 9.17) is 17.2 Å². The minimum absolute atomic E-state index is 0.666. The minimum Gasteiger partial charge on any atom is -0.399 e. The Balaban J connectivity index is 1.61. The van der Waals surface area contributed by atoms with Crippen molar-refractivity contribution in [3.05, 3.63) is 127 Å². The lowest BCUT2D eigenvalue weighted by molar-refractivity contribution is 1.50. The summed E-state index contributed by atoms with van der Waals surface area (Å²) in [5, 5.41) is 14.3. The fourth-order valence-electron chi connectivity index (χ4n) is 6.79. The summed E-state index contributed by atoms with van der Waals surface area (Å²) in [4.78, 5) is 0. The summed E-state index contributed by atoms with van der Waals surface area (Å²) in [6.07, 6.45) is 0. The van der Waals surface area contributed by atoms with E-state index in [0.717, 1.165) is 82.9 Å². The lowest BCUT2D eigenvalue weighted by Crippen LogP contribution is -1.96. The molecule has 0 atom stereocenters. The van der Waals surface area contributed by atoms with Crippen LogP contribution in [0.2, 0.25) is 0 Å². The van der Waals surface area contributed by atoms with Gasteiger partial charge >= 0.3 is 0 Å². The van der Waals surface area contributed by atoms with Gasteiger partial charge < -0.3 is 17.2 Å². The monoisotopic (exact) mass is 550 g/mol. The third-order valence-electron chi connectivity index (χ3n) is 8.60. The summed E-state index contributed by atoms with van der Waals surface area (Å²) in [7, 11) is 0. The summed E-state index contributed by atoms with van der Waals surface area (Å²) in [5.74, 6) is 0. The Morgan fingerprint density at radius 1 is 0.419 bits per heavy atom. The van der Waals surface area contributed by atoms with Gasteiger partial charge in [0.05, 0.1) is 11.6 Å². The molecule has 7 aromatic rings. The first-order valence-corrected chi connectivity index (χ1v) is 14.2. The molecule has 0 bridgehead atoms. The van der Waals surface area contributed by atoms with E-state index in [1.807, 2.05) is 54.6 Å². The SMILES string of the molecule is N#Cc1ccc2c3c(cccc13)-c1c-2c(-c2cccc(N)c2)c2cc(-c3ccc(N)cc3)ccc2c1-c1cccc(N)c1. The molecule has 0 fully saturated rings. The molecule has 1 aliphatic rings. The molecule has 0 spiro atoms. The highest BCUT2D eigenvalue weighted by Crippen LogP contribution is 2.58. The maximum absolute atomic E-state index is 10.0. The number of fused-ring (bicyclic) bond motifs is 4. The molecule has 0 saturated heterocycles. The van der Waals surface area contributed by atoms with Crippen molar-refractivity contribution in [1.29, 1.82) is 5.26 Å². The fraction of sp³-hybridized carbons (Fsp3) is 0. The summed E-state index contributed by atoms with van der Waals surface area (Å²) in [5.41, 5.74) is 32.6. The van der Waals surface area contributed by atoms with Crippen LogP contribution in [0.5, 0.6) is 0 Å². The Morgan fingerprint density at radius 2 is 1.02 bits per heavy atom. The number of nitrogens with two attached hydrogens (primary N) is 3. The van der Waals surface area contributed by atoms with E-state index in [2.05, 4.69) is 72.8 Å². The van der Waals surface area contributed by atoms with Crippen molar-refractivity contribution in [2.45, 2.75) is 0 Å². The summed E-state index contributed by atoms with van der Waals surface area (Å²) < 4.78 is 0. The summed E-state index contributed by atoms with van der Waals surface area (Å²) >= 11 is 0. The van der Waals surface area contributed by atoms with Crippen molar-refractivity contribution >= 4 is 38.6 Å². The summed E-state index contributed by atoms with van der Waals surface area (Å²) in [6.45, 7) is 0. The van der Waals surface area contributed by atoms with Crippen LogP contribution in [-0.2, 0) is 0 Å². The zero-order valence-corrected chi connectivity index (χ0v) is 23.2. The van der Waals surface area contributed by atoms with Crippen LogP contribution in [0.3, 0.4) is 0 Å². The van der Waals surface area contributed by atoms with Crippen molar-refractivity contribution in [2.24, 2.45) is 0 Å². The van der Waals surface area contributed by atoms with Gasteiger partial charge in [-0.3, -0.25) is 0 Å². The zero-order chi connectivity index (χ0) is 29.2. The van der Waals surface area contributed by atoms with Gasteiger partial charge in [-0.15, -0.1) is 0 Å². The summed E-state index contributed by atoms with van der Waals surface area (Å²) in [6, 6.07) is 43.6. The molecule has 0 radical (unpaired) electrons. The molecule has 202 valence electrons. The molecule has 4 heteroatoms. The normalized spacial score (nSPS) is 11.5. The first-order chi connectivity index (χ1) is 21.0. The average Bonchev–Trinajstić information content (AvgIpc) is 3.35. The van der Waals surface area contributed by atoms with Crippen LogP contribution in [0.15, 0.2) is 121 Å². The van der Waals surface area contributed by atoms with Gasteiger partial charge in [0.15, 0.2) is 0 Å². The van der Waals surface area contributed by atoms with Gasteiger partial charge in [0.25, 0.3) is 0 Å². The van der Waals surface area contributed by atoms with E-state index in [9.17, 15) is 5.26 Å². The molecule has 0 heterocycles. The van der Waals surface area contributed by atoms with Crippen molar-refractivity contribution in [3.63, 3.8) is 0 Å². The van der Waals surface area contributed by atoms with E-state index in [0.29, 0.717) is 16.9 Å². The van der Waals surface area contributed by atoms with Crippen molar-refractivity contribution in [1.82, 2.24) is 0 Å². The van der Waals surface area contributed by atoms with Gasteiger partial charge in [-0.2, -0.15) is 5.26 Å². The van der Waals surface area contributed by atoms with Crippen LogP contribution in [0, 0.1) is 11.3 Å². The van der Waals surface area contributed by atoms with E-state index in [-0.39, 0.29) is 0 Å². The van der Waals surface area contributed by atoms with Crippen LogP contribution in [0.4, 0.5) is 17.1 Å². The molecule has 0 saturated carbocycles. The highest BCUT2D eigenvalue weighted by molar-refractivity contribution is 6.28. The Morgan fingerprint density at radius 3 is 1.67 bits per heavy atom. The molecule has 0 amide bonds. The standard InChI is InChI=1S/C39H26N4/c40-21-26-13-17-33-37-30(26)8-3-9-32(37)38-35(24-4-1-6-28(42)18-24)31-16-12-23(22-10-14-27(41)15-11-22)20-34(31)36(39(33)38)25-5-2-7-29(43)19-25/h1-20H,41-43H2. The lowest BCUT2D eigenvalue weighted by atomic mass is 9.81. The quantitative estimate of drug-likeness (QED) is 0.191. The van der Waals surface area contributed by atoms with Gasteiger partial charge in [0.2, 0.25) is 0 Å². The number of hydrogen-bond acceptors (Lipinski definition) is 4. The first-order valence-electron chi connectivity index (χ1n) is 14.2. The Kier molecular flexibility index (Phi) is 5.31. The van der Waals surface area contributed by atoms with Crippen LogP contribution >= 0.6 is 0 Å². The third-order valence-corrected chi connectivity index (χ3v) is 8.60. The van der Waals surface area contributed by atoms with Crippen molar-refractivity contribution in [3.8, 4) is 61.7 Å². The number of nitrogen functional groups attached to an aromatic ring is 3. The average molecular weight is 551 g/mol. The van der Waals surface area contributed by atoms with Crippen molar-refractivity contribution < 1.29 is 0 Å². The van der Waals surface area contributed by atoms with Gasteiger partial charge in [0.1, 0.15) is 0 Å². The molecule has 0 unspecified atom stereocenters. The molecule has 0 aliphatic heterocycles. The second-order valence-corrected chi connectivity index (χ2v) is 11.1.